The summed E-state index contributed by atoms with van der Waals surface area (Å²) in [4.78, 5) is 34.8. The number of hydrogen-bond donors (Lipinski definition) is 0. The van der Waals surface area contributed by atoms with Crippen LogP contribution in [0.5, 0.6) is 5.75 Å². The van der Waals surface area contributed by atoms with Crippen LogP contribution >= 0.6 is 11.3 Å². The van der Waals surface area contributed by atoms with Crippen LogP contribution in [0.1, 0.15) is 16.8 Å². The molecule has 3 rings (SSSR count). The molecule has 0 fully saturated rings. The van der Waals surface area contributed by atoms with Crippen molar-refractivity contribution < 1.29 is 14.3 Å². The first-order valence-electron chi connectivity index (χ1n) is 7.02. The van der Waals surface area contributed by atoms with Crippen LogP contribution in [0, 0.1) is 0 Å². The molecular weight excluding hydrogens is 314 g/mol. The van der Waals surface area contributed by atoms with E-state index in [1.54, 1.807) is 28.8 Å². The number of aromatic nitrogens is 1. The highest BCUT2D eigenvalue weighted by molar-refractivity contribution is 7.16. The minimum atomic E-state index is -0.485. The second-order valence-corrected chi connectivity index (χ2v) is 5.86. The van der Waals surface area contributed by atoms with Gasteiger partial charge in [0.25, 0.3) is 0 Å². The van der Waals surface area contributed by atoms with E-state index in [9.17, 15) is 14.4 Å². The molecule has 0 aliphatic carbocycles. The van der Waals surface area contributed by atoms with Gasteiger partial charge in [0.15, 0.2) is 6.29 Å². The van der Waals surface area contributed by atoms with E-state index in [0.29, 0.717) is 11.8 Å². The molecule has 6 heteroatoms. The zero-order valence-corrected chi connectivity index (χ0v) is 12.9. The van der Waals surface area contributed by atoms with Crippen molar-refractivity contribution in [3.8, 4) is 5.75 Å². The number of thiazole rings is 1. The second kappa shape index (κ2) is 6.58. The Morgan fingerprint density at radius 2 is 1.87 bits per heavy atom. The van der Waals surface area contributed by atoms with Gasteiger partial charge >= 0.3 is 10.8 Å². The van der Waals surface area contributed by atoms with Crippen molar-refractivity contribution in [1.82, 2.24) is 4.57 Å². The van der Waals surface area contributed by atoms with Gasteiger partial charge in [0.1, 0.15) is 5.75 Å². The standard InChI is InChI=1S/C17H13NO4S/c19-11-12-5-1-3-7-14(12)22-16(20)9-10-18-13-6-2-4-8-15(13)23-17(18)21/h1-8,11H,9-10H2. The van der Waals surface area contributed by atoms with Gasteiger partial charge < -0.3 is 4.74 Å². The predicted octanol–water partition coefficient (Wildman–Crippen LogP) is 2.87. The van der Waals surface area contributed by atoms with Gasteiger partial charge in [-0.05, 0) is 24.3 Å². The normalized spacial score (nSPS) is 10.6. The highest BCUT2D eigenvalue weighted by Crippen LogP contribution is 2.18. The van der Waals surface area contributed by atoms with E-state index in [0.717, 1.165) is 21.6 Å². The van der Waals surface area contributed by atoms with E-state index >= 15 is 0 Å². The highest BCUT2D eigenvalue weighted by Gasteiger charge is 2.12. The van der Waals surface area contributed by atoms with E-state index in [4.69, 9.17) is 4.74 Å². The molecule has 0 atom stereocenters. The van der Waals surface area contributed by atoms with Gasteiger partial charge in [-0.1, -0.05) is 35.6 Å². The Morgan fingerprint density at radius 1 is 1.13 bits per heavy atom. The Labute approximate surface area is 135 Å². The van der Waals surface area contributed by atoms with Crippen molar-refractivity contribution in [2.45, 2.75) is 13.0 Å². The highest BCUT2D eigenvalue weighted by atomic mass is 32.1. The predicted molar refractivity (Wildman–Crippen MR) is 88.2 cm³/mol. The minimum Gasteiger partial charge on any atom is -0.426 e. The van der Waals surface area contributed by atoms with Crippen molar-refractivity contribution in [2.75, 3.05) is 0 Å². The Hall–Kier alpha value is -2.73. The molecule has 0 N–H and O–H groups in total. The quantitative estimate of drug-likeness (QED) is 0.411. The lowest BCUT2D eigenvalue weighted by Gasteiger charge is -2.07. The SMILES string of the molecule is O=Cc1ccccc1OC(=O)CCn1c(=O)sc2ccccc21. The number of aldehydes is 1. The Kier molecular flexibility index (Phi) is 4.34. The maximum absolute atomic E-state index is 12.0. The van der Waals surface area contributed by atoms with E-state index < -0.39 is 5.97 Å². The summed E-state index contributed by atoms with van der Waals surface area (Å²) in [6.45, 7) is 0.241. The van der Waals surface area contributed by atoms with E-state index in [-0.39, 0.29) is 23.6 Å². The molecule has 3 aromatic rings. The number of hydrogen-bond acceptors (Lipinski definition) is 5. The van der Waals surface area contributed by atoms with Crippen LogP contribution in [0.4, 0.5) is 0 Å². The zero-order valence-electron chi connectivity index (χ0n) is 12.1. The molecule has 0 unspecified atom stereocenters. The molecule has 0 saturated heterocycles. The topological polar surface area (TPSA) is 65.4 Å². The van der Waals surface area contributed by atoms with Crippen LogP contribution in [-0.4, -0.2) is 16.8 Å². The summed E-state index contributed by atoms with van der Waals surface area (Å²) in [6.07, 6.45) is 0.688. The number of aryl methyl sites for hydroxylation is 1. The number of rotatable bonds is 5. The summed E-state index contributed by atoms with van der Waals surface area (Å²) >= 11 is 1.15. The van der Waals surface area contributed by atoms with Crippen molar-refractivity contribution >= 4 is 33.8 Å². The fourth-order valence-corrected chi connectivity index (χ4v) is 3.19. The van der Waals surface area contributed by atoms with Crippen LogP contribution in [0.15, 0.2) is 53.3 Å². The van der Waals surface area contributed by atoms with E-state index in [2.05, 4.69) is 0 Å². The van der Waals surface area contributed by atoms with Crippen molar-refractivity contribution in [3.63, 3.8) is 0 Å². The molecular formula is C17H13NO4S. The lowest BCUT2D eigenvalue weighted by atomic mass is 10.2. The number of benzene rings is 2. The number of carbonyl (C=O) groups excluding carboxylic acids is 2. The largest absolute Gasteiger partial charge is 0.426 e. The van der Waals surface area contributed by atoms with Gasteiger partial charge in [0.05, 0.1) is 22.2 Å². The summed E-state index contributed by atoms with van der Waals surface area (Å²) in [6, 6.07) is 14.0. The Balaban J connectivity index is 1.72. The monoisotopic (exact) mass is 327 g/mol. The first-order valence-corrected chi connectivity index (χ1v) is 7.84. The van der Waals surface area contributed by atoms with Gasteiger partial charge in [0, 0.05) is 6.54 Å². The average molecular weight is 327 g/mol. The van der Waals surface area contributed by atoms with Crippen LogP contribution in [0.3, 0.4) is 0 Å². The second-order valence-electron chi connectivity index (χ2n) is 4.87. The molecule has 1 aromatic heterocycles. The molecule has 0 radical (unpaired) electrons. The summed E-state index contributed by atoms with van der Waals surface area (Å²) in [5.74, 6) is -0.253. The summed E-state index contributed by atoms with van der Waals surface area (Å²) in [5, 5.41) is 0. The third-order valence-corrected chi connectivity index (χ3v) is 4.34. The maximum Gasteiger partial charge on any atom is 0.313 e. The molecule has 116 valence electrons. The van der Waals surface area contributed by atoms with Crippen molar-refractivity contribution in [3.05, 3.63) is 63.8 Å². The first kappa shape index (κ1) is 15.2. The van der Waals surface area contributed by atoms with Gasteiger partial charge in [-0.3, -0.25) is 19.0 Å². The molecule has 5 nitrogen and oxygen atoms in total. The number of ether oxygens (including phenoxy) is 1. The lowest BCUT2D eigenvalue weighted by molar-refractivity contribution is -0.134. The van der Waals surface area contributed by atoms with Crippen LogP contribution in [-0.2, 0) is 11.3 Å². The number of nitrogens with zero attached hydrogens (tertiary/aromatic N) is 1. The number of fused-ring (bicyclic) bond motifs is 1. The lowest BCUT2D eigenvalue weighted by Crippen LogP contribution is -2.18. The van der Waals surface area contributed by atoms with E-state index in [1.807, 2.05) is 24.3 Å². The summed E-state index contributed by atoms with van der Waals surface area (Å²) in [7, 11) is 0. The third-order valence-electron chi connectivity index (χ3n) is 3.38. The maximum atomic E-state index is 12.0. The molecule has 1 heterocycles. The minimum absolute atomic E-state index is 0.0494. The fourth-order valence-electron chi connectivity index (χ4n) is 2.27. The number of para-hydroxylation sites is 2. The zero-order chi connectivity index (χ0) is 16.2. The molecule has 0 aliphatic rings. The van der Waals surface area contributed by atoms with Crippen molar-refractivity contribution in [2.24, 2.45) is 0 Å². The average Bonchev–Trinajstić information content (AvgIpc) is 2.88. The van der Waals surface area contributed by atoms with Crippen LogP contribution in [0.2, 0.25) is 0 Å². The third kappa shape index (κ3) is 3.22. The first-order chi connectivity index (χ1) is 11.2. The van der Waals surface area contributed by atoms with Crippen LogP contribution < -0.4 is 9.61 Å². The van der Waals surface area contributed by atoms with Crippen molar-refractivity contribution in [1.29, 1.82) is 0 Å². The Morgan fingerprint density at radius 3 is 2.70 bits per heavy atom. The van der Waals surface area contributed by atoms with Gasteiger partial charge in [-0.2, -0.15) is 0 Å². The summed E-state index contributed by atoms with van der Waals surface area (Å²) in [5.41, 5.74) is 1.13. The molecule has 23 heavy (non-hydrogen) atoms. The van der Waals surface area contributed by atoms with Gasteiger partial charge in [-0.25, -0.2) is 0 Å². The van der Waals surface area contributed by atoms with Crippen LogP contribution in [0.25, 0.3) is 10.2 Å². The molecule has 2 aromatic carbocycles. The smallest absolute Gasteiger partial charge is 0.313 e. The fraction of sp³-hybridized carbons (Fsp3) is 0.118. The number of carbonyl (C=O) groups is 2. The summed E-state index contributed by atoms with van der Waals surface area (Å²) < 4.78 is 7.65. The Bertz CT molecular complexity index is 925. The molecule has 0 bridgehead atoms. The molecule has 0 spiro atoms. The molecule has 0 amide bonds. The van der Waals surface area contributed by atoms with Gasteiger partial charge in [0.2, 0.25) is 0 Å². The van der Waals surface area contributed by atoms with E-state index in [1.165, 1.54) is 0 Å². The number of esters is 1. The molecule has 0 saturated carbocycles. The van der Waals surface area contributed by atoms with Gasteiger partial charge in [-0.15, -0.1) is 0 Å². The molecule has 0 aliphatic heterocycles.